The van der Waals surface area contributed by atoms with E-state index in [-0.39, 0.29) is 4.90 Å². The van der Waals surface area contributed by atoms with Crippen LogP contribution in [0.2, 0.25) is 0 Å². The Morgan fingerprint density at radius 1 is 0.875 bits per heavy atom. The Morgan fingerprint density at radius 2 is 1.62 bits per heavy atom. The average molecular weight is 451 g/mol. The third-order valence-electron chi connectivity index (χ3n) is 5.96. The van der Waals surface area contributed by atoms with Gasteiger partial charge in [-0.1, -0.05) is 36.4 Å². The lowest BCUT2D eigenvalue weighted by Crippen LogP contribution is -2.30. The molecule has 0 atom stereocenters. The molecule has 2 aliphatic heterocycles. The number of benzene rings is 3. The van der Waals surface area contributed by atoms with Crippen molar-refractivity contribution in [3.8, 4) is 11.5 Å². The molecule has 0 aromatic heterocycles. The first-order valence-corrected chi connectivity index (χ1v) is 12.4. The lowest BCUT2D eigenvalue weighted by atomic mass is 9.99. The topological polar surface area (TPSA) is 67.9 Å². The van der Waals surface area contributed by atoms with Crippen LogP contribution in [0.3, 0.4) is 0 Å². The molecule has 166 valence electrons. The number of hydrogen-bond donors (Lipinski definition) is 1. The van der Waals surface area contributed by atoms with Crippen LogP contribution in [-0.2, 0) is 29.4 Å². The number of rotatable bonds is 6. The summed E-state index contributed by atoms with van der Waals surface area (Å²) in [4.78, 5) is 2.57. The zero-order valence-corrected chi connectivity index (χ0v) is 18.6. The molecular weight excluding hydrogens is 424 g/mol. The van der Waals surface area contributed by atoms with Crippen molar-refractivity contribution < 1.29 is 17.9 Å². The molecule has 0 fully saturated rings. The van der Waals surface area contributed by atoms with Crippen LogP contribution < -0.4 is 19.1 Å². The van der Waals surface area contributed by atoms with E-state index in [2.05, 4.69) is 58.2 Å². The fourth-order valence-electron chi connectivity index (χ4n) is 4.19. The van der Waals surface area contributed by atoms with E-state index in [0.29, 0.717) is 37.7 Å². The Hall–Kier alpha value is -3.03. The molecule has 2 aliphatic rings. The van der Waals surface area contributed by atoms with Crippen molar-refractivity contribution in [1.82, 2.24) is 4.72 Å². The summed E-state index contributed by atoms with van der Waals surface area (Å²) in [5, 5.41) is 0. The fraction of sp³-hybridized carbons (Fsp3) is 0.280. The first kappa shape index (κ1) is 20.8. The smallest absolute Gasteiger partial charge is 0.240 e. The lowest BCUT2D eigenvalue weighted by molar-refractivity contribution is 0.171. The van der Waals surface area contributed by atoms with Crippen molar-refractivity contribution in [3.05, 3.63) is 83.4 Å². The molecule has 1 N–H and O–H groups in total. The monoisotopic (exact) mass is 450 g/mol. The Kier molecular flexibility index (Phi) is 5.76. The standard InChI is InChI=1S/C25H26N2O4S/c28-32(29,23-9-10-24-25(17-23)31-16-15-30-24)26-13-11-19-5-7-22(8-6-19)27-14-12-20-3-1-2-4-21(20)18-27/h1-10,17,26H,11-16,18H2. The molecule has 3 aromatic rings. The van der Waals surface area contributed by atoms with Crippen molar-refractivity contribution in [2.45, 2.75) is 24.3 Å². The molecule has 32 heavy (non-hydrogen) atoms. The normalized spacial score (nSPS) is 15.3. The third kappa shape index (κ3) is 4.45. The van der Waals surface area contributed by atoms with Crippen molar-refractivity contribution in [1.29, 1.82) is 0 Å². The largest absolute Gasteiger partial charge is 0.486 e. The van der Waals surface area contributed by atoms with Crippen LogP contribution in [0.4, 0.5) is 5.69 Å². The zero-order valence-electron chi connectivity index (χ0n) is 17.8. The number of hydrogen-bond acceptors (Lipinski definition) is 5. The number of anilines is 1. The number of nitrogens with zero attached hydrogens (tertiary/aromatic N) is 1. The van der Waals surface area contributed by atoms with Crippen molar-refractivity contribution >= 4 is 15.7 Å². The van der Waals surface area contributed by atoms with E-state index in [0.717, 1.165) is 25.1 Å². The fourth-order valence-corrected chi connectivity index (χ4v) is 5.24. The van der Waals surface area contributed by atoms with Gasteiger partial charge in [-0.15, -0.1) is 0 Å². The summed E-state index contributed by atoms with van der Waals surface area (Å²) in [5.74, 6) is 1.04. The van der Waals surface area contributed by atoms with Crippen molar-refractivity contribution in [2.75, 3.05) is 31.2 Å². The molecule has 0 saturated carbocycles. The molecule has 6 nitrogen and oxygen atoms in total. The van der Waals surface area contributed by atoms with E-state index >= 15 is 0 Å². The molecule has 0 unspecified atom stereocenters. The quantitative estimate of drug-likeness (QED) is 0.622. The Labute approximate surface area is 188 Å². The molecule has 5 rings (SSSR count). The molecule has 2 heterocycles. The number of ether oxygens (including phenoxy) is 2. The summed E-state index contributed by atoms with van der Waals surface area (Å²) < 4.78 is 38.9. The van der Waals surface area contributed by atoms with E-state index < -0.39 is 10.0 Å². The van der Waals surface area contributed by atoms with Crippen molar-refractivity contribution in [3.63, 3.8) is 0 Å². The molecule has 7 heteroatoms. The summed E-state index contributed by atoms with van der Waals surface area (Å²) in [6.07, 6.45) is 1.67. The molecule has 3 aromatic carbocycles. The van der Waals surface area contributed by atoms with Crippen LogP contribution in [0.1, 0.15) is 16.7 Å². The lowest BCUT2D eigenvalue weighted by Gasteiger charge is -2.30. The van der Waals surface area contributed by atoms with Gasteiger partial charge in [-0.3, -0.25) is 0 Å². The van der Waals surface area contributed by atoms with Crippen LogP contribution in [0.15, 0.2) is 71.6 Å². The van der Waals surface area contributed by atoms with E-state index in [1.165, 1.54) is 22.9 Å². The van der Waals surface area contributed by atoms with Gasteiger partial charge in [0.05, 0.1) is 4.90 Å². The molecule has 0 radical (unpaired) electrons. The van der Waals surface area contributed by atoms with Gasteiger partial charge in [0, 0.05) is 31.4 Å². The molecular formula is C25H26N2O4S. The van der Waals surface area contributed by atoms with Crippen LogP contribution in [0.25, 0.3) is 0 Å². The van der Waals surface area contributed by atoms with Gasteiger partial charge in [0.1, 0.15) is 13.2 Å². The minimum absolute atomic E-state index is 0.183. The highest BCUT2D eigenvalue weighted by Gasteiger charge is 2.19. The second kappa shape index (κ2) is 8.84. The number of nitrogens with one attached hydrogen (secondary N) is 1. The van der Waals surface area contributed by atoms with E-state index in [4.69, 9.17) is 9.47 Å². The van der Waals surface area contributed by atoms with Gasteiger partial charge < -0.3 is 14.4 Å². The van der Waals surface area contributed by atoms with Crippen LogP contribution >= 0.6 is 0 Å². The predicted octanol–water partition coefficient (Wildman–Crippen LogP) is 3.54. The van der Waals surface area contributed by atoms with Gasteiger partial charge in [0.25, 0.3) is 0 Å². The van der Waals surface area contributed by atoms with E-state index in [1.54, 1.807) is 12.1 Å². The first-order chi connectivity index (χ1) is 15.6. The van der Waals surface area contributed by atoms with Crippen molar-refractivity contribution in [2.24, 2.45) is 0 Å². The maximum Gasteiger partial charge on any atom is 0.240 e. The molecule has 0 spiro atoms. The highest BCUT2D eigenvalue weighted by Crippen LogP contribution is 2.32. The summed E-state index contributed by atoms with van der Waals surface area (Å²) in [5.41, 5.74) is 5.11. The van der Waals surface area contributed by atoms with Crippen LogP contribution in [-0.4, -0.2) is 34.7 Å². The van der Waals surface area contributed by atoms with Gasteiger partial charge in [0.15, 0.2) is 11.5 Å². The number of sulfonamides is 1. The minimum Gasteiger partial charge on any atom is -0.486 e. The molecule has 0 bridgehead atoms. The van der Waals surface area contributed by atoms with Gasteiger partial charge in [-0.25, -0.2) is 13.1 Å². The second-order valence-corrected chi connectivity index (χ2v) is 9.83. The van der Waals surface area contributed by atoms with Gasteiger partial charge >= 0.3 is 0 Å². The maximum atomic E-state index is 12.7. The predicted molar refractivity (Wildman–Crippen MR) is 124 cm³/mol. The zero-order chi connectivity index (χ0) is 22.0. The Bertz CT molecular complexity index is 1210. The van der Waals surface area contributed by atoms with Gasteiger partial charge in [0.2, 0.25) is 10.0 Å². The Balaban J connectivity index is 1.18. The maximum absolute atomic E-state index is 12.7. The molecule has 0 saturated heterocycles. The number of fused-ring (bicyclic) bond motifs is 2. The SMILES string of the molecule is O=S(=O)(NCCc1ccc(N2CCc3ccccc3C2)cc1)c1ccc2c(c1)OCCO2. The van der Waals surface area contributed by atoms with Crippen LogP contribution in [0.5, 0.6) is 11.5 Å². The summed E-state index contributed by atoms with van der Waals surface area (Å²) in [7, 11) is -3.61. The Morgan fingerprint density at radius 3 is 2.44 bits per heavy atom. The van der Waals surface area contributed by atoms with Gasteiger partial charge in [-0.2, -0.15) is 0 Å². The van der Waals surface area contributed by atoms with E-state index in [1.807, 2.05) is 0 Å². The summed E-state index contributed by atoms with van der Waals surface area (Å²) in [6.45, 7) is 3.15. The summed E-state index contributed by atoms with van der Waals surface area (Å²) >= 11 is 0. The highest BCUT2D eigenvalue weighted by molar-refractivity contribution is 7.89. The van der Waals surface area contributed by atoms with Gasteiger partial charge in [-0.05, 0) is 53.8 Å². The van der Waals surface area contributed by atoms with E-state index in [9.17, 15) is 8.42 Å². The molecule has 0 aliphatic carbocycles. The molecule has 0 amide bonds. The third-order valence-corrected chi connectivity index (χ3v) is 7.42. The average Bonchev–Trinajstić information content (AvgIpc) is 2.84. The van der Waals surface area contributed by atoms with Crippen LogP contribution in [0, 0.1) is 0 Å². The highest BCUT2D eigenvalue weighted by atomic mass is 32.2. The second-order valence-electron chi connectivity index (χ2n) is 8.06. The first-order valence-electron chi connectivity index (χ1n) is 10.9. The summed E-state index contributed by atoms with van der Waals surface area (Å²) in [6, 6.07) is 21.7. The minimum atomic E-state index is -3.61.